The van der Waals surface area contributed by atoms with Gasteiger partial charge in [0.05, 0.1) is 0 Å². The molecule has 106 valence electrons. The first-order valence-electron chi connectivity index (χ1n) is 6.51. The number of anilines is 1. The van der Waals surface area contributed by atoms with Gasteiger partial charge in [0.2, 0.25) is 0 Å². The van der Waals surface area contributed by atoms with E-state index in [-0.39, 0.29) is 11.6 Å². The Balaban J connectivity index is 2.20. The zero-order chi connectivity index (χ0) is 14.5. The number of fused-ring (bicyclic) bond motifs is 1. The van der Waals surface area contributed by atoms with Crippen molar-refractivity contribution in [1.82, 2.24) is 9.78 Å². The van der Waals surface area contributed by atoms with Gasteiger partial charge < -0.3 is 14.5 Å². The fraction of sp³-hybridized carbons (Fsp3) is 0.429. The number of hydrogen-bond donors (Lipinski definition) is 1. The van der Waals surface area contributed by atoms with Crippen LogP contribution in [0.5, 0.6) is 5.75 Å². The van der Waals surface area contributed by atoms with Gasteiger partial charge in [0.1, 0.15) is 17.0 Å². The summed E-state index contributed by atoms with van der Waals surface area (Å²) in [6, 6.07) is 3.99. The summed E-state index contributed by atoms with van der Waals surface area (Å²) in [6.45, 7) is 6.10. The van der Waals surface area contributed by atoms with Gasteiger partial charge in [-0.2, -0.15) is 4.68 Å². The maximum atomic E-state index is 11.9. The van der Waals surface area contributed by atoms with E-state index in [1.807, 2.05) is 32.9 Å². The molecule has 6 nitrogen and oxygen atoms in total. The lowest BCUT2D eigenvalue weighted by Gasteiger charge is -2.17. The smallest absolute Gasteiger partial charge is 0.443 e. The second-order valence-electron chi connectivity index (χ2n) is 5.58. The molecule has 1 aliphatic rings. The second kappa shape index (κ2) is 4.13. The van der Waals surface area contributed by atoms with Crippen LogP contribution in [0.2, 0.25) is 0 Å². The Bertz CT molecular complexity index is 728. The molecule has 2 heterocycles. The molecule has 1 N–H and O–H groups in total. The van der Waals surface area contributed by atoms with Crippen LogP contribution in [0.4, 0.5) is 6.01 Å². The van der Waals surface area contributed by atoms with Gasteiger partial charge >= 0.3 is 11.8 Å². The Morgan fingerprint density at radius 3 is 2.80 bits per heavy atom. The third kappa shape index (κ3) is 1.88. The Morgan fingerprint density at radius 2 is 2.15 bits per heavy atom. The van der Waals surface area contributed by atoms with Crippen LogP contribution < -0.4 is 15.8 Å². The molecule has 0 spiro atoms. The number of ether oxygens (including phenoxy) is 1. The summed E-state index contributed by atoms with van der Waals surface area (Å²) in [5.74, 6) is 0.182. The lowest BCUT2D eigenvalue weighted by atomic mass is 9.98. The Morgan fingerprint density at radius 1 is 1.40 bits per heavy atom. The molecule has 1 aliphatic heterocycles. The van der Waals surface area contributed by atoms with Crippen LogP contribution in [-0.4, -0.2) is 22.4 Å². The first kappa shape index (κ1) is 12.8. The maximum absolute atomic E-state index is 11.9. The molecule has 1 aromatic carbocycles. The van der Waals surface area contributed by atoms with Crippen molar-refractivity contribution < 1.29 is 9.15 Å². The molecule has 0 amide bonds. The summed E-state index contributed by atoms with van der Waals surface area (Å²) in [7, 11) is 1.65. The molecule has 0 saturated carbocycles. The van der Waals surface area contributed by atoms with Gasteiger partial charge in [0.25, 0.3) is 0 Å². The van der Waals surface area contributed by atoms with Crippen molar-refractivity contribution in [3.05, 3.63) is 33.8 Å². The molecule has 0 bridgehead atoms. The minimum Gasteiger partial charge on any atom is -0.485 e. The van der Waals surface area contributed by atoms with E-state index in [1.54, 1.807) is 7.05 Å². The van der Waals surface area contributed by atoms with Crippen LogP contribution in [-0.2, 0) is 6.42 Å². The molecule has 20 heavy (non-hydrogen) atoms. The van der Waals surface area contributed by atoms with Crippen molar-refractivity contribution in [2.75, 3.05) is 12.4 Å². The van der Waals surface area contributed by atoms with Crippen molar-refractivity contribution in [3.8, 4) is 11.4 Å². The van der Waals surface area contributed by atoms with E-state index < -0.39 is 5.76 Å². The van der Waals surface area contributed by atoms with Gasteiger partial charge in [0.15, 0.2) is 0 Å². The average Bonchev–Trinajstić information content (AvgIpc) is 2.90. The van der Waals surface area contributed by atoms with Gasteiger partial charge in [-0.25, -0.2) is 4.79 Å². The molecule has 1 aromatic heterocycles. The molecule has 3 rings (SSSR count). The number of benzene rings is 1. The fourth-order valence-electron chi connectivity index (χ4n) is 2.48. The quantitative estimate of drug-likeness (QED) is 0.906. The summed E-state index contributed by atoms with van der Waals surface area (Å²) >= 11 is 0. The van der Waals surface area contributed by atoms with Gasteiger partial charge in [0, 0.05) is 19.0 Å². The van der Waals surface area contributed by atoms with Crippen molar-refractivity contribution in [2.24, 2.45) is 0 Å². The number of nitrogens with zero attached hydrogens (tertiary/aromatic N) is 2. The van der Waals surface area contributed by atoms with Crippen LogP contribution in [0.25, 0.3) is 5.69 Å². The highest BCUT2D eigenvalue weighted by Gasteiger charge is 2.34. The van der Waals surface area contributed by atoms with Crippen LogP contribution in [0, 0.1) is 6.92 Å². The van der Waals surface area contributed by atoms with E-state index in [9.17, 15) is 4.79 Å². The van der Waals surface area contributed by atoms with Crippen LogP contribution >= 0.6 is 0 Å². The zero-order valence-electron chi connectivity index (χ0n) is 12.0. The van der Waals surface area contributed by atoms with Gasteiger partial charge in [-0.3, -0.25) is 0 Å². The SMILES string of the molecule is CNc1nn(-c2ccc(C)c3c2OC(C)(C)C3)c(=O)o1. The Kier molecular flexibility index (Phi) is 2.64. The van der Waals surface area contributed by atoms with E-state index >= 15 is 0 Å². The van der Waals surface area contributed by atoms with Gasteiger partial charge in [-0.15, -0.1) is 5.10 Å². The minimum absolute atomic E-state index is 0.182. The minimum atomic E-state index is -0.534. The van der Waals surface area contributed by atoms with Crippen molar-refractivity contribution in [1.29, 1.82) is 0 Å². The summed E-state index contributed by atoms with van der Waals surface area (Å²) in [5.41, 5.74) is 2.61. The molecule has 0 saturated heterocycles. The highest BCUT2D eigenvalue weighted by Crippen LogP contribution is 2.40. The van der Waals surface area contributed by atoms with Crippen LogP contribution in [0.15, 0.2) is 21.3 Å². The predicted molar refractivity (Wildman–Crippen MR) is 74.8 cm³/mol. The Labute approximate surface area is 116 Å². The van der Waals surface area contributed by atoms with E-state index in [1.165, 1.54) is 4.68 Å². The highest BCUT2D eigenvalue weighted by atomic mass is 16.5. The standard InChI is InChI=1S/C14H17N3O3/c1-8-5-6-10(11-9(8)7-14(2,3)20-11)17-13(18)19-12(15-4)16-17/h5-6H,7H2,1-4H3,(H,15,16). The Hall–Kier alpha value is -2.24. The number of nitrogens with one attached hydrogen (secondary N) is 1. The molecule has 2 aromatic rings. The topological polar surface area (TPSA) is 69.3 Å². The lowest BCUT2D eigenvalue weighted by molar-refractivity contribution is 0.138. The number of rotatable bonds is 2. The van der Waals surface area contributed by atoms with Gasteiger partial charge in [-0.05, 0) is 32.4 Å². The fourth-order valence-corrected chi connectivity index (χ4v) is 2.48. The molecular weight excluding hydrogens is 258 g/mol. The summed E-state index contributed by atoms with van der Waals surface area (Å²) < 4.78 is 12.2. The number of hydrogen-bond acceptors (Lipinski definition) is 5. The first-order chi connectivity index (χ1) is 9.41. The largest absolute Gasteiger partial charge is 0.485 e. The van der Waals surface area contributed by atoms with Crippen molar-refractivity contribution >= 4 is 6.01 Å². The van der Waals surface area contributed by atoms with E-state index in [2.05, 4.69) is 10.4 Å². The summed E-state index contributed by atoms with van der Waals surface area (Å²) in [4.78, 5) is 11.9. The van der Waals surface area contributed by atoms with E-state index in [0.717, 1.165) is 17.5 Å². The van der Waals surface area contributed by atoms with Crippen LogP contribution in [0.3, 0.4) is 0 Å². The lowest BCUT2D eigenvalue weighted by Crippen LogP contribution is -2.25. The van der Waals surface area contributed by atoms with Gasteiger partial charge in [-0.1, -0.05) is 6.07 Å². The predicted octanol–water partition coefficient (Wildman–Crippen LogP) is 1.89. The van der Waals surface area contributed by atoms with E-state index in [4.69, 9.17) is 9.15 Å². The van der Waals surface area contributed by atoms with Crippen molar-refractivity contribution in [3.63, 3.8) is 0 Å². The maximum Gasteiger partial charge on any atom is 0.443 e. The van der Waals surface area contributed by atoms with E-state index in [0.29, 0.717) is 11.4 Å². The zero-order valence-corrected chi connectivity index (χ0v) is 12.0. The average molecular weight is 275 g/mol. The molecular formula is C14H17N3O3. The highest BCUT2D eigenvalue weighted by molar-refractivity contribution is 5.57. The first-order valence-corrected chi connectivity index (χ1v) is 6.51. The molecule has 0 atom stereocenters. The summed E-state index contributed by atoms with van der Waals surface area (Å²) in [5, 5.41) is 6.81. The molecule has 0 unspecified atom stereocenters. The monoisotopic (exact) mass is 275 g/mol. The third-order valence-corrected chi connectivity index (χ3v) is 3.44. The third-order valence-electron chi connectivity index (χ3n) is 3.44. The summed E-state index contributed by atoms with van der Waals surface area (Å²) in [6.07, 6.45) is 0.813. The number of aryl methyl sites for hydroxylation is 1. The van der Waals surface area contributed by atoms with Crippen LogP contribution in [0.1, 0.15) is 25.0 Å². The normalized spacial score (nSPS) is 15.8. The second-order valence-corrected chi connectivity index (χ2v) is 5.58. The van der Waals surface area contributed by atoms with Crippen molar-refractivity contribution in [2.45, 2.75) is 32.8 Å². The molecule has 0 fully saturated rings. The number of aromatic nitrogens is 2. The molecule has 0 aliphatic carbocycles. The molecule has 0 radical (unpaired) electrons. The molecule has 6 heteroatoms.